The van der Waals surface area contributed by atoms with Gasteiger partial charge in [-0.25, -0.2) is 4.79 Å². The van der Waals surface area contributed by atoms with Crippen molar-refractivity contribution in [3.63, 3.8) is 0 Å². The maximum atomic E-state index is 12.5. The molecule has 2 fully saturated rings. The molecule has 0 aromatic heterocycles. The van der Waals surface area contributed by atoms with Crippen LogP contribution in [0.1, 0.15) is 10.4 Å². The molecule has 23 heavy (non-hydrogen) atoms. The Hall–Kier alpha value is -1.79. The lowest BCUT2D eigenvalue weighted by atomic mass is 10.2. The van der Waals surface area contributed by atoms with Gasteiger partial charge in [-0.3, -0.25) is 4.79 Å². The van der Waals surface area contributed by atoms with E-state index >= 15 is 0 Å². The first-order valence-electron chi connectivity index (χ1n) is 7.82. The van der Waals surface area contributed by atoms with E-state index in [4.69, 9.17) is 16.3 Å². The predicted molar refractivity (Wildman–Crippen MR) is 86.7 cm³/mol. The number of benzene rings is 1. The van der Waals surface area contributed by atoms with Gasteiger partial charge in [-0.05, 0) is 12.1 Å². The van der Waals surface area contributed by atoms with E-state index in [1.165, 1.54) is 0 Å². The van der Waals surface area contributed by atoms with Crippen LogP contribution in [-0.2, 0) is 4.74 Å². The molecule has 0 saturated carbocycles. The van der Waals surface area contributed by atoms with Crippen molar-refractivity contribution in [2.75, 3.05) is 52.5 Å². The first-order valence-corrected chi connectivity index (χ1v) is 8.20. The molecule has 124 valence electrons. The van der Waals surface area contributed by atoms with E-state index in [9.17, 15) is 9.59 Å². The van der Waals surface area contributed by atoms with Crippen LogP contribution in [0.3, 0.4) is 0 Å². The topological polar surface area (TPSA) is 53.1 Å². The van der Waals surface area contributed by atoms with Crippen molar-refractivity contribution in [2.45, 2.75) is 0 Å². The Morgan fingerprint density at radius 3 is 2.09 bits per heavy atom. The van der Waals surface area contributed by atoms with Gasteiger partial charge in [0.2, 0.25) is 0 Å². The van der Waals surface area contributed by atoms with E-state index in [2.05, 4.69) is 0 Å². The molecule has 2 aliphatic heterocycles. The van der Waals surface area contributed by atoms with Gasteiger partial charge in [0.1, 0.15) is 0 Å². The number of carbonyl (C=O) groups is 2. The molecule has 1 aromatic rings. The van der Waals surface area contributed by atoms with Crippen LogP contribution in [0.25, 0.3) is 0 Å². The van der Waals surface area contributed by atoms with Crippen molar-refractivity contribution in [1.29, 1.82) is 0 Å². The molecule has 0 bridgehead atoms. The number of hydrogen-bond donors (Lipinski definition) is 0. The fourth-order valence-corrected chi connectivity index (χ4v) is 3.08. The first kappa shape index (κ1) is 16.1. The second-order valence-corrected chi connectivity index (χ2v) is 6.05. The SMILES string of the molecule is O=C(c1ccccc1Cl)N1CCN(C(=O)N2CCOCC2)CC1. The summed E-state index contributed by atoms with van der Waals surface area (Å²) in [6.07, 6.45) is 0. The summed E-state index contributed by atoms with van der Waals surface area (Å²) in [5.41, 5.74) is 0.516. The summed E-state index contributed by atoms with van der Waals surface area (Å²) in [6, 6.07) is 7.09. The zero-order valence-corrected chi connectivity index (χ0v) is 13.7. The minimum absolute atomic E-state index is 0.0399. The average molecular weight is 338 g/mol. The summed E-state index contributed by atoms with van der Waals surface area (Å²) in [4.78, 5) is 30.3. The minimum Gasteiger partial charge on any atom is -0.378 e. The molecule has 0 spiro atoms. The molecule has 2 saturated heterocycles. The summed E-state index contributed by atoms with van der Waals surface area (Å²) in [5, 5.41) is 0.462. The van der Waals surface area contributed by atoms with Crippen LogP contribution in [0.4, 0.5) is 4.79 Å². The van der Waals surface area contributed by atoms with E-state index in [0.717, 1.165) is 0 Å². The summed E-state index contributed by atoms with van der Waals surface area (Å²) in [5.74, 6) is -0.0749. The monoisotopic (exact) mass is 337 g/mol. The van der Waals surface area contributed by atoms with Gasteiger partial charge in [0, 0.05) is 39.3 Å². The summed E-state index contributed by atoms with van der Waals surface area (Å²) < 4.78 is 5.27. The quantitative estimate of drug-likeness (QED) is 0.781. The second-order valence-electron chi connectivity index (χ2n) is 5.64. The zero-order chi connectivity index (χ0) is 16.2. The standard InChI is InChI=1S/C16H20ClN3O3/c17-14-4-2-1-3-13(14)15(21)18-5-7-19(8-6-18)16(22)20-9-11-23-12-10-20/h1-4H,5-12H2. The molecular formula is C16H20ClN3O3. The maximum absolute atomic E-state index is 12.5. The maximum Gasteiger partial charge on any atom is 0.320 e. The molecule has 3 rings (SSSR count). The highest BCUT2D eigenvalue weighted by molar-refractivity contribution is 6.33. The summed E-state index contributed by atoms with van der Waals surface area (Å²) in [6.45, 7) is 4.61. The lowest BCUT2D eigenvalue weighted by molar-refractivity contribution is 0.0362. The third-order valence-corrected chi connectivity index (χ3v) is 4.55. The number of morpholine rings is 1. The van der Waals surface area contributed by atoms with Gasteiger partial charge in [0.05, 0.1) is 23.8 Å². The van der Waals surface area contributed by atoms with Crippen LogP contribution in [-0.4, -0.2) is 79.1 Å². The Morgan fingerprint density at radius 2 is 1.43 bits per heavy atom. The Kier molecular flexibility index (Phi) is 5.03. The minimum atomic E-state index is -0.0749. The van der Waals surface area contributed by atoms with Crippen LogP contribution < -0.4 is 0 Å². The van der Waals surface area contributed by atoms with Gasteiger partial charge in [0.15, 0.2) is 0 Å². The van der Waals surface area contributed by atoms with Gasteiger partial charge in [-0.1, -0.05) is 23.7 Å². The molecule has 0 N–H and O–H groups in total. The number of hydrogen-bond acceptors (Lipinski definition) is 3. The van der Waals surface area contributed by atoms with Crippen molar-refractivity contribution >= 4 is 23.5 Å². The number of halogens is 1. The van der Waals surface area contributed by atoms with E-state index in [0.29, 0.717) is 63.1 Å². The number of piperazine rings is 1. The smallest absolute Gasteiger partial charge is 0.320 e. The Morgan fingerprint density at radius 1 is 0.870 bits per heavy atom. The van der Waals surface area contributed by atoms with E-state index in [1.54, 1.807) is 29.2 Å². The molecule has 0 radical (unpaired) electrons. The number of ether oxygens (including phenoxy) is 1. The lowest BCUT2D eigenvalue weighted by Crippen LogP contribution is -2.55. The van der Waals surface area contributed by atoms with Gasteiger partial charge in [-0.15, -0.1) is 0 Å². The van der Waals surface area contributed by atoms with Crippen LogP contribution in [0.15, 0.2) is 24.3 Å². The van der Waals surface area contributed by atoms with E-state index < -0.39 is 0 Å². The molecule has 3 amide bonds. The molecule has 1 aromatic carbocycles. The second kappa shape index (κ2) is 7.19. The van der Waals surface area contributed by atoms with Crippen LogP contribution in [0.2, 0.25) is 5.02 Å². The van der Waals surface area contributed by atoms with Gasteiger partial charge in [-0.2, -0.15) is 0 Å². The van der Waals surface area contributed by atoms with Crippen LogP contribution in [0, 0.1) is 0 Å². The molecule has 2 aliphatic rings. The molecule has 2 heterocycles. The summed E-state index contributed by atoms with van der Waals surface area (Å²) >= 11 is 6.09. The third-order valence-electron chi connectivity index (χ3n) is 4.22. The van der Waals surface area contributed by atoms with Crippen molar-refractivity contribution in [3.8, 4) is 0 Å². The van der Waals surface area contributed by atoms with Crippen molar-refractivity contribution in [3.05, 3.63) is 34.9 Å². The number of rotatable bonds is 1. The number of nitrogens with zero attached hydrogens (tertiary/aromatic N) is 3. The number of carbonyl (C=O) groups excluding carboxylic acids is 2. The Balaban J connectivity index is 1.57. The normalized spacial score (nSPS) is 18.9. The lowest BCUT2D eigenvalue weighted by Gasteiger charge is -2.38. The highest BCUT2D eigenvalue weighted by Crippen LogP contribution is 2.18. The van der Waals surface area contributed by atoms with Gasteiger partial charge >= 0.3 is 6.03 Å². The van der Waals surface area contributed by atoms with Crippen LogP contribution in [0.5, 0.6) is 0 Å². The zero-order valence-electron chi connectivity index (χ0n) is 12.9. The molecule has 0 aliphatic carbocycles. The van der Waals surface area contributed by atoms with Gasteiger partial charge < -0.3 is 19.4 Å². The number of amides is 3. The number of urea groups is 1. The Bertz CT molecular complexity index is 582. The average Bonchev–Trinajstić information content (AvgIpc) is 2.62. The highest BCUT2D eigenvalue weighted by atomic mass is 35.5. The molecule has 6 nitrogen and oxygen atoms in total. The molecular weight excluding hydrogens is 318 g/mol. The third kappa shape index (κ3) is 3.59. The first-order chi connectivity index (χ1) is 11.2. The van der Waals surface area contributed by atoms with Crippen LogP contribution >= 0.6 is 11.6 Å². The fourth-order valence-electron chi connectivity index (χ4n) is 2.86. The van der Waals surface area contributed by atoms with Crippen molar-refractivity contribution in [1.82, 2.24) is 14.7 Å². The largest absolute Gasteiger partial charge is 0.378 e. The van der Waals surface area contributed by atoms with E-state index in [1.807, 2.05) is 9.80 Å². The molecule has 7 heteroatoms. The Labute approximate surface area is 140 Å². The van der Waals surface area contributed by atoms with Crippen molar-refractivity contribution in [2.24, 2.45) is 0 Å². The molecule has 0 atom stereocenters. The fraction of sp³-hybridized carbons (Fsp3) is 0.500. The molecule has 0 unspecified atom stereocenters. The van der Waals surface area contributed by atoms with E-state index in [-0.39, 0.29) is 11.9 Å². The highest BCUT2D eigenvalue weighted by Gasteiger charge is 2.28. The van der Waals surface area contributed by atoms with Crippen molar-refractivity contribution < 1.29 is 14.3 Å². The van der Waals surface area contributed by atoms with Gasteiger partial charge in [0.25, 0.3) is 5.91 Å². The summed E-state index contributed by atoms with van der Waals surface area (Å²) in [7, 11) is 0. The predicted octanol–water partition coefficient (Wildman–Crippen LogP) is 1.55.